The van der Waals surface area contributed by atoms with E-state index in [-0.39, 0.29) is 0 Å². The fourth-order valence-corrected chi connectivity index (χ4v) is 6.02. The molecule has 0 aromatic heterocycles. The molecule has 0 amide bonds. The summed E-state index contributed by atoms with van der Waals surface area (Å²) in [4.78, 5) is 5.00. The maximum absolute atomic E-state index is 6.36. The minimum absolute atomic E-state index is 0.845. The van der Waals surface area contributed by atoms with Gasteiger partial charge in [0.05, 0.1) is 0 Å². The molecule has 0 fully saturated rings. The number of fused-ring (bicyclic) bond motifs is 2. The molecule has 0 aliphatic carbocycles. The molecule has 1 aliphatic heterocycles. The molecule has 0 bridgehead atoms. The fraction of sp³-hybridized carbons (Fsp3) is 0. The Morgan fingerprint density at radius 3 is 1.78 bits per heavy atom. The number of rotatable bonds is 2. The Kier molecular flexibility index (Phi) is 4.19. The van der Waals surface area contributed by atoms with Crippen molar-refractivity contribution >= 4 is 29.2 Å². The average Bonchev–Trinajstić information content (AvgIpc) is 2.74. The van der Waals surface area contributed by atoms with Crippen LogP contribution in [0.1, 0.15) is 0 Å². The number of hydrogen-bond acceptors (Lipinski definition) is 3. The second-order valence-corrected chi connectivity index (χ2v) is 8.50. The van der Waals surface area contributed by atoms with Gasteiger partial charge in [0, 0.05) is 25.3 Å². The molecular weight excluding hydrogens is 366 g/mol. The van der Waals surface area contributed by atoms with Gasteiger partial charge < -0.3 is 5.73 Å². The molecule has 1 nitrogen and oxygen atoms in total. The Bertz CT molecular complexity index is 1120. The quantitative estimate of drug-likeness (QED) is 0.326. The average molecular weight is 384 g/mol. The zero-order chi connectivity index (χ0) is 18.2. The van der Waals surface area contributed by atoms with Gasteiger partial charge in [-0.3, -0.25) is 0 Å². The van der Waals surface area contributed by atoms with Gasteiger partial charge in [0.1, 0.15) is 0 Å². The first kappa shape index (κ1) is 16.5. The summed E-state index contributed by atoms with van der Waals surface area (Å²) in [6.45, 7) is 0. The molecule has 2 N–H and O–H groups in total. The molecule has 3 heteroatoms. The molecule has 5 rings (SSSR count). The van der Waals surface area contributed by atoms with Crippen LogP contribution in [0.2, 0.25) is 0 Å². The van der Waals surface area contributed by atoms with E-state index < -0.39 is 0 Å². The van der Waals surface area contributed by atoms with Crippen LogP contribution in [0.3, 0.4) is 0 Å². The van der Waals surface area contributed by atoms with Gasteiger partial charge in [0.2, 0.25) is 0 Å². The second-order valence-electron chi connectivity index (χ2n) is 6.43. The van der Waals surface area contributed by atoms with Crippen molar-refractivity contribution in [3.8, 4) is 22.3 Å². The van der Waals surface area contributed by atoms with Crippen molar-refractivity contribution in [1.29, 1.82) is 0 Å². The van der Waals surface area contributed by atoms with E-state index in [1.54, 1.807) is 11.8 Å². The van der Waals surface area contributed by atoms with Crippen LogP contribution in [-0.2, 0) is 0 Å². The Labute approximate surface area is 167 Å². The van der Waals surface area contributed by atoms with Gasteiger partial charge in [0.25, 0.3) is 0 Å². The molecule has 1 heterocycles. The van der Waals surface area contributed by atoms with Gasteiger partial charge in [-0.25, -0.2) is 0 Å². The molecule has 0 saturated heterocycles. The van der Waals surface area contributed by atoms with E-state index in [1.165, 1.54) is 41.8 Å². The Balaban J connectivity index is 1.69. The summed E-state index contributed by atoms with van der Waals surface area (Å²) in [6, 6.07) is 31.9. The zero-order valence-corrected chi connectivity index (χ0v) is 16.2. The van der Waals surface area contributed by atoms with Crippen molar-refractivity contribution in [3.63, 3.8) is 0 Å². The maximum Gasteiger partial charge on any atom is 0.0498 e. The van der Waals surface area contributed by atoms with E-state index in [0.29, 0.717) is 0 Å². The Hall–Kier alpha value is -2.62. The van der Waals surface area contributed by atoms with Crippen molar-refractivity contribution in [3.05, 3.63) is 91.0 Å². The van der Waals surface area contributed by atoms with Crippen molar-refractivity contribution in [2.75, 3.05) is 5.73 Å². The van der Waals surface area contributed by atoms with Gasteiger partial charge in [-0.15, -0.1) is 0 Å². The number of hydrogen-bond donors (Lipinski definition) is 1. The van der Waals surface area contributed by atoms with Gasteiger partial charge in [-0.1, -0.05) is 102 Å². The van der Waals surface area contributed by atoms with Crippen LogP contribution in [0.25, 0.3) is 22.3 Å². The second kappa shape index (κ2) is 6.84. The lowest BCUT2D eigenvalue weighted by Crippen LogP contribution is -1.99. The largest absolute Gasteiger partial charge is 0.398 e. The highest BCUT2D eigenvalue weighted by molar-refractivity contribution is 8.05. The van der Waals surface area contributed by atoms with Crippen LogP contribution in [-0.4, -0.2) is 0 Å². The monoisotopic (exact) mass is 383 g/mol. The molecule has 0 unspecified atom stereocenters. The van der Waals surface area contributed by atoms with E-state index >= 15 is 0 Å². The van der Waals surface area contributed by atoms with Crippen molar-refractivity contribution < 1.29 is 0 Å². The summed E-state index contributed by atoms with van der Waals surface area (Å²) in [5.41, 5.74) is 12.2. The highest BCUT2D eigenvalue weighted by Gasteiger charge is 2.24. The van der Waals surface area contributed by atoms with Crippen LogP contribution in [0, 0.1) is 0 Å². The fourth-order valence-electron chi connectivity index (χ4n) is 3.39. The zero-order valence-electron chi connectivity index (χ0n) is 14.6. The van der Waals surface area contributed by atoms with Crippen LogP contribution < -0.4 is 5.73 Å². The molecular formula is C24H17NS2. The highest BCUT2D eigenvalue weighted by Crippen LogP contribution is 2.56. The summed E-state index contributed by atoms with van der Waals surface area (Å²) in [5, 5.41) is 0. The Morgan fingerprint density at radius 2 is 1.11 bits per heavy atom. The lowest BCUT2D eigenvalue weighted by Gasteiger charge is -2.24. The first-order chi connectivity index (χ1) is 13.3. The lowest BCUT2D eigenvalue weighted by atomic mass is 10.1. The minimum Gasteiger partial charge on any atom is -0.398 e. The standard InChI is InChI=1S/C24H17NS2/c25-20-15-14-19(17-10-5-2-6-11-17)23-24(20)26-21-13-7-12-18(22(21)27-23)16-8-3-1-4-9-16/h1-15H,25H2. The SMILES string of the molecule is Nc1ccc(-c2ccccc2)c2c1Sc1cccc(-c3ccccc3)c1S2. The number of nitrogens with two attached hydrogens (primary N) is 1. The topological polar surface area (TPSA) is 26.0 Å². The molecule has 0 saturated carbocycles. The van der Waals surface area contributed by atoms with Gasteiger partial charge in [-0.05, 0) is 34.4 Å². The first-order valence-corrected chi connectivity index (χ1v) is 10.5. The summed E-state index contributed by atoms with van der Waals surface area (Å²) < 4.78 is 0. The predicted molar refractivity (Wildman–Crippen MR) is 116 cm³/mol. The minimum atomic E-state index is 0.845. The predicted octanol–water partition coefficient (Wildman–Crippen LogP) is 7.22. The molecule has 0 radical (unpaired) electrons. The van der Waals surface area contributed by atoms with Crippen molar-refractivity contribution in [2.24, 2.45) is 0 Å². The summed E-state index contributed by atoms with van der Waals surface area (Å²) in [6.07, 6.45) is 0. The highest BCUT2D eigenvalue weighted by atomic mass is 32.2. The van der Waals surface area contributed by atoms with Gasteiger partial charge in [-0.2, -0.15) is 0 Å². The van der Waals surface area contributed by atoms with Crippen molar-refractivity contribution in [2.45, 2.75) is 19.6 Å². The van der Waals surface area contributed by atoms with E-state index in [2.05, 4.69) is 84.9 Å². The number of anilines is 1. The molecule has 0 spiro atoms. The normalized spacial score (nSPS) is 12.3. The van der Waals surface area contributed by atoms with E-state index in [4.69, 9.17) is 5.73 Å². The third-order valence-corrected chi connectivity index (χ3v) is 7.44. The summed E-state index contributed by atoms with van der Waals surface area (Å²) >= 11 is 3.62. The first-order valence-electron chi connectivity index (χ1n) is 8.83. The molecule has 27 heavy (non-hydrogen) atoms. The van der Waals surface area contributed by atoms with Gasteiger partial charge in [0.15, 0.2) is 0 Å². The maximum atomic E-state index is 6.36. The third kappa shape index (κ3) is 2.93. The molecule has 4 aromatic rings. The molecule has 1 aliphatic rings. The van der Waals surface area contributed by atoms with Crippen LogP contribution in [0.15, 0.2) is 111 Å². The number of nitrogen functional groups attached to an aromatic ring is 1. The number of benzene rings is 4. The summed E-state index contributed by atoms with van der Waals surface area (Å²) in [7, 11) is 0. The van der Waals surface area contributed by atoms with Crippen LogP contribution in [0.4, 0.5) is 5.69 Å². The molecule has 0 atom stereocenters. The van der Waals surface area contributed by atoms with E-state index in [0.717, 1.165) is 5.69 Å². The smallest absolute Gasteiger partial charge is 0.0498 e. The third-order valence-electron chi connectivity index (χ3n) is 4.71. The van der Waals surface area contributed by atoms with Crippen molar-refractivity contribution in [1.82, 2.24) is 0 Å². The van der Waals surface area contributed by atoms with Gasteiger partial charge >= 0.3 is 0 Å². The molecule has 4 aromatic carbocycles. The van der Waals surface area contributed by atoms with E-state index in [9.17, 15) is 0 Å². The Morgan fingerprint density at radius 1 is 0.481 bits per heavy atom. The van der Waals surface area contributed by atoms with Crippen LogP contribution in [0.5, 0.6) is 0 Å². The van der Waals surface area contributed by atoms with Crippen LogP contribution >= 0.6 is 23.5 Å². The molecule has 130 valence electrons. The summed E-state index contributed by atoms with van der Waals surface area (Å²) in [5.74, 6) is 0. The van der Waals surface area contributed by atoms with E-state index in [1.807, 2.05) is 17.8 Å². The lowest BCUT2D eigenvalue weighted by molar-refractivity contribution is 1.17.